The monoisotopic (exact) mass is 333 g/mol. The highest BCUT2D eigenvalue weighted by molar-refractivity contribution is 7.16. The number of benzene rings is 1. The third kappa shape index (κ3) is 1.95. The van der Waals surface area contributed by atoms with Gasteiger partial charge in [0.25, 0.3) is 5.91 Å². The summed E-state index contributed by atoms with van der Waals surface area (Å²) in [4.78, 5) is 22.5. The number of hydrogen-bond acceptors (Lipinski definition) is 5. The largest absolute Gasteiger partial charge is 0.298 e. The van der Waals surface area contributed by atoms with Gasteiger partial charge in [-0.3, -0.25) is 10.1 Å². The minimum atomic E-state index is -0.246. The van der Waals surface area contributed by atoms with Gasteiger partial charge in [-0.15, -0.1) is 11.3 Å². The Balaban J connectivity index is 1.47. The van der Waals surface area contributed by atoms with Gasteiger partial charge in [-0.2, -0.15) is 5.10 Å². The average Bonchev–Trinajstić information content (AvgIpc) is 3.26. The second kappa shape index (κ2) is 4.97. The first-order chi connectivity index (χ1) is 11.8. The third-order valence-electron chi connectivity index (χ3n) is 4.07. The van der Waals surface area contributed by atoms with E-state index < -0.39 is 0 Å². The van der Waals surface area contributed by atoms with E-state index in [1.54, 1.807) is 23.0 Å². The summed E-state index contributed by atoms with van der Waals surface area (Å²) in [7, 11) is 0. The van der Waals surface area contributed by atoms with Crippen molar-refractivity contribution in [1.82, 2.24) is 19.6 Å². The molecule has 0 spiro atoms. The minimum Gasteiger partial charge on any atom is -0.298 e. The van der Waals surface area contributed by atoms with E-state index in [4.69, 9.17) is 0 Å². The fraction of sp³-hybridized carbons (Fsp3) is 0.0588. The van der Waals surface area contributed by atoms with Crippen molar-refractivity contribution in [2.24, 2.45) is 0 Å². The molecule has 1 aromatic carbocycles. The molecule has 0 saturated heterocycles. The SMILES string of the molecule is O=C(Nc1nc2c(s1)Cc1ccccc1-2)c1cnn2cccnc12. The van der Waals surface area contributed by atoms with E-state index in [2.05, 4.69) is 32.5 Å². The van der Waals surface area contributed by atoms with Crippen LogP contribution >= 0.6 is 11.3 Å². The van der Waals surface area contributed by atoms with Crippen LogP contribution in [0.15, 0.2) is 48.9 Å². The lowest BCUT2D eigenvalue weighted by Gasteiger charge is -2.01. The highest BCUT2D eigenvalue weighted by Crippen LogP contribution is 2.40. The number of rotatable bonds is 2. The van der Waals surface area contributed by atoms with Gasteiger partial charge in [0.15, 0.2) is 10.8 Å². The Morgan fingerprint density at radius 3 is 3.12 bits per heavy atom. The van der Waals surface area contributed by atoms with Gasteiger partial charge >= 0.3 is 0 Å². The summed E-state index contributed by atoms with van der Waals surface area (Å²) in [5.74, 6) is -0.246. The Labute approximate surface area is 140 Å². The smallest absolute Gasteiger partial charge is 0.262 e. The van der Waals surface area contributed by atoms with Crippen LogP contribution in [0, 0.1) is 0 Å². The molecule has 3 aromatic heterocycles. The minimum absolute atomic E-state index is 0.246. The van der Waals surface area contributed by atoms with Gasteiger partial charge in [-0.05, 0) is 11.6 Å². The maximum Gasteiger partial charge on any atom is 0.262 e. The molecule has 0 atom stereocenters. The molecule has 0 radical (unpaired) electrons. The number of hydrogen-bond donors (Lipinski definition) is 1. The van der Waals surface area contributed by atoms with E-state index in [1.807, 2.05) is 12.1 Å². The summed E-state index contributed by atoms with van der Waals surface area (Å²) >= 11 is 1.52. The molecule has 1 aliphatic carbocycles. The van der Waals surface area contributed by atoms with Crippen LogP contribution in [-0.4, -0.2) is 25.5 Å². The van der Waals surface area contributed by atoms with Gasteiger partial charge in [0.2, 0.25) is 0 Å². The Morgan fingerprint density at radius 2 is 2.17 bits per heavy atom. The summed E-state index contributed by atoms with van der Waals surface area (Å²) in [6.07, 6.45) is 5.79. The molecule has 3 heterocycles. The lowest BCUT2D eigenvalue weighted by molar-refractivity contribution is 0.102. The fourth-order valence-electron chi connectivity index (χ4n) is 2.97. The summed E-state index contributed by atoms with van der Waals surface area (Å²) in [5.41, 5.74) is 4.39. The van der Waals surface area contributed by atoms with Crippen LogP contribution in [0.5, 0.6) is 0 Å². The molecule has 0 fully saturated rings. The average molecular weight is 333 g/mol. The molecule has 0 saturated carbocycles. The molecule has 0 aliphatic heterocycles. The number of fused-ring (bicyclic) bond motifs is 4. The number of nitrogens with zero attached hydrogens (tertiary/aromatic N) is 4. The lowest BCUT2D eigenvalue weighted by atomic mass is 10.1. The predicted octanol–water partition coefficient (Wildman–Crippen LogP) is 3.01. The third-order valence-corrected chi connectivity index (χ3v) is 5.04. The summed E-state index contributed by atoms with van der Waals surface area (Å²) < 4.78 is 1.58. The first kappa shape index (κ1) is 13.4. The van der Waals surface area contributed by atoms with Crippen molar-refractivity contribution in [3.8, 4) is 11.3 Å². The number of carbonyl (C=O) groups is 1. The number of nitrogens with one attached hydrogen (secondary N) is 1. The molecule has 7 heteroatoms. The Kier molecular flexibility index (Phi) is 2.77. The number of amides is 1. The van der Waals surface area contributed by atoms with Gasteiger partial charge in [0.05, 0.1) is 11.9 Å². The van der Waals surface area contributed by atoms with Crippen molar-refractivity contribution in [2.75, 3.05) is 5.32 Å². The van der Waals surface area contributed by atoms with Crippen molar-refractivity contribution in [3.05, 3.63) is 64.9 Å². The molecule has 0 bridgehead atoms. The quantitative estimate of drug-likeness (QED) is 0.539. The molecule has 4 aromatic rings. The topological polar surface area (TPSA) is 72.2 Å². The van der Waals surface area contributed by atoms with Gasteiger partial charge in [0.1, 0.15) is 5.56 Å². The summed E-state index contributed by atoms with van der Waals surface area (Å²) in [6.45, 7) is 0. The van der Waals surface area contributed by atoms with Gasteiger partial charge < -0.3 is 0 Å². The second-order valence-corrected chi connectivity index (χ2v) is 6.61. The van der Waals surface area contributed by atoms with Gasteiger partial charge in [-0.25, -0.2) is 14.5 Å². The normalized spacial score (nSPS) is 12.2. The lowest BCUT2D eigenvalue weighted by Crippen LogP contribution is -2.11. The van der Waals surface area contributed by atoms with Crippen molar-refractivity contribution in [3.63, 3.8) is 0 Å². The Bertz CT molecular complexity index is 1100. The van der Waals surface area contributed by atoms with Crippen LogP contribution in [0.3, 0.4) is 0 Å². The number of thiazole rings is 1. The van der Waals surface area contributed by atoms with Crippen LogP contribution in [0.2, 0.25) is 0 Å². The van der Waals surface area contributed by atoms with Gasteiger partial charge in [-0.1, -0.05) is 24.3 Å². The first-order valence-electron chi connectivity index (χ1n) is 7.47. The molecule has 5 rings (SSSR count). The van der Waals surface area contributed by atoms with Crippen LogP contribution in [-0.2, 0) is 6.42 Å². The Hall–Kier alpha value is -3.06. The fourth-order valence-corrected chi connectivity index (χ4v) is 3.96. The van der Waals surface area contributed by atoms with E-state index in [0.717, 1.165) is 17.7 Å². The summed E-state index contributed by atoms with van der Waals surface area (Å²) in [6, 6.07) is 10.0. The molecule has 1 amide bonds. The van der Waals surface area contributed by atoms with Crippen LogP contribution in [0.1, 0.15) is 20.8 Å². The van der Waals surface area contributed by atoms with Crippen LogP contribution in [0.25, 0.3) is 16.9 Å². The molecular weight excluding hydrogens is 322 g/mol. The van der Waals surface area contributed by atoms with Crippen molar-refractivity contribution >= 4 is 28.0 Å². The van der Waals surface area contributed by atoms with E-state index in [9.17, 15) is 4.79 Å². The zero-order valence-electron chi connectivity index (χ0n) is 12.4. The standard InChI is InChI=1S/C17H11N5OS/c23-16(12-9-19-22-7-3-6-18-15(12)22)21-17-20-14-11-5-2-1-4-10(11)8-13(14)24-17/h1-7,9H,8H2,(H,20,21,23). The van der Waals surface area contributed by atoms with Crippen LogP contribution < -0.4 is 5.32 Å². The maximum absolute atomic E-state index is 12.5. The van der Waals surface area contributed by atoms with E-state index >= 15 is 0 Å². The Morgan fingerprint density at radius 1 is 1.25 bits per heavy atom. The molecule has 0 unspecified atom stereocenters. The van der Waals surface area contributed by atoms with Gasteiger partial charge in [0, 0.05) is 29.3 Å². The van der Waals surface area contributed by atoms with Crippen molar-refractivity contribution < 1.29 is 4.79 Å². The maximum atomic E-state index is 12.5. The van der Waals surface area contributed by atoms with E-state index in [0.29, 0.717) is 16.3 Å². The van der Waals surface area contributed by atoms with Crippen molar-refractivity contribution in [2.45, 2.75) is 6.42 Å². The van der Waals surface area contributed by atoms with Crippen LogP contribution in [0.4, 0.5) is 5.13 Å². The number of carbonyl (C=O) groups excluding carboxylic acids is 1. The molecule has 6 nitrogen and oxygen atoms in total. The molecule has 116 valence electrons. The highest BCUT2D eigenvalue weighted by Gasteiger charge is 2.24. The first-order valence-corrected chi connectivity index (χ1v) is 8.29. The highest BCUT2D eigenvalue weighted by atomic mass is 32.1. The number of anilines is 1. The molecule has 1 aliphatic rings. The van der Waals surface area contributed by atoms with E-state index in [-0.39, 0.29) is 5.91 Å². The zero-order chi connectivity index (χ0) is 16.1. The van der Waals surface area contributed by atoms with E-state index in [1.165, 1.54) is 28.0 Å². The van der Waals surface area contributed by atoms with Crippen molar-refractivity contribution in [1.29, 1.82) is 0 Å². The second-order valence-electron chi connectivity index (χ2n) is 5.52. The summed E-state index contributed by atoms with van der Waals surface area (Å²) in [5, 5.41) is 7.62. The molecular formula is C17H11N5OS. The molecule has 1 N–H and O–H groups in total. The predicted molar refractivity (Wildman–Crippen MR) is 91.3 cm³/mol. The zero-order valence-corrected chi connectivity index (χ0v) is 13.2. The molecule has 24 heavy (non-hydrogen) atoms. The number of aromatic nitrogens is 4.